The molecule has 0 bridgehead atoms. The maximum absolute atomic E-state index is 3.92. The van der Waals surface area contributed by atoms with E-state index in [1.165, 1.54) is 45.2 Å². The summed E-state index contributed by atoms with van der Waals surface area (Å²) < 4.78 is 0. The zero-order valence-corrected chi connectivity index (χ0v) is 21.3. The molecule has 3 heterocycles. The van der Waals surface area contributed by atoms with Crippen LogP contribution in [0.2, 0.25) is 0 Å². The third-order valence-electron chi connectivity index (χ3n) is 7.28. The van der Waals surface area contributed by atoms with Crippen LogP contribution in [0.4, 0.5) is 17.1 Å². The van der Waals surface area contributed by atoms with Gasteiger partial charge >= 0.3 is 0 Å². The largest absolute Gasteiger partial charge is 0.379 e. The van der Waals surface area contributed by atoms with Gasteiger partial charge in [-0.1, -0.05) is 74.2 Å². The maximum Gasteiger partial charge on any atom is 0.0939 e. The molecule has 3 aliphatic rings. The lowest BCUT2D eigenvalue weighted by atomic mass is 10.0. The van der Waals surface area contributed by atoms with Crippen LogP contribution >= 0.6 is 0 Å². The van der Waals surface area contributed by atoms with E-state index in [-0.39, 0.29) is 6.04 Å². The van der Waals surface area contributed by atoms with Crippen LogP contribution < -0.4 is 15.1 Å². The number of fused-ring (bicyclic) bond motifs is 3. The average molecular weight is 482 g/mol. The van der Waals surface area contributed by atoms with Crippen LogP contribution in [0, 0.1) is 5.92 Å². The molecule has 3 nitrogen and oxygen atoms in total. The Morgan fingerprint density at radius 1 is 0.865 bits per heavy atom. The number of nitrogens with zero attached hydrogens (tertiary/aromatic N) is 2. The van der Waals surface area contributed by atoms with E-state index in [4.69, 9.17) is 0 Å². The van der Waals surface area contributed by atoms with Gasteiger partial charge in [0.1, 0.15) is 0 Å². The summed E-state index contributed by atoms with van der Waals surface area (Å²) in [6, 6.07) is 26.6. The number of allylic oxidation sites excluding steroid dienone is 7. The van der Waals surface area contributed by atoms with E-state index in [9.17, 15) is 0 Å². The standard InChI is InChI=1S/C34H31N3/c1-4-9-29-23-24(3)31(10-5-2)36(29)27-18-14-25(15-19-27)26-16-20-28(21-17-26)37-32-12-7-6-11-30(32)34-33(37)13-8-22-35-34/h4-24,34-35H,2H2,1,3H3/b9-4-,31-10+. The van der Waals surface area contributed by atoms with Crippen molar-refractivity contribution in [2.75, 3.05) is 9.80 Å². The minimum absolute atomic E-state index is 0.197. The van der Waals surface area contributed by atoms with Crippen molar-refractivity contribution in [3.63, 3.8) is 0 Å². The minimum atomic E-state index is 0.197. The molecule has 3 aliphatic heterocycles. The molecule has 3 aromatic carbocycles. The summed E-state index contributed by atoms with van der Waals surface area (Å²) in [6.07, 6.45) is 16.9. The summed E-state index contributed by atoms with van der Waals surface area (Å²) in [6.45, 7) is 8.21. The summed E-state index contributed by atoms with van der Waals surface area (Å²) in [4.78, 5) is 4.68. The predicted molar refractivity (Wildman–Crippen MR) is 156 cm³/mol. The first-order valence-electron chi connectivity index (χ1n) is 12.9. The zero-order chi connectivity index (χ0) is 25.4. The fourth-order valence-electron chi connectivity index (χ4n) is 5.62. The SMILES string of the molecule is C=C/C=C1\C(C)C=C(/C=C\C)N1c1ccc(-c2ccc(N3C4=CC=CNC4c4ccccc43)cc2)cc1. The van der Waals surface area contributed by atoms with Crippen molar-refractivity contribution in [2.45, 2.75) is 19.9 Å². The molecule has 0 radical (unpaired) electrons. The fraction of sp³-hybridized carbons (Fsp3) is 0.118. The average Bonchev–Trinajstić information content (AvgIpc) is 3.43. The number of para-hydroxylation sites is 1. The Balaban J connectivity index is 1.29. The van der Waals surface area contributed by atoms with Gasteiger partial charge in [0.15, 0.2) is 0 Å². The van der Waals surface area contributed by atoms with Crippen molar-refractivity contribution in [1.82, 2.24) is 5.32 Å². The van der Waals surface area contributed by atoms with Gasteiger partial charge in [-0.15, -0.1) is 0 Å². The van der Waals surface area contributed by atoms with Gasteiger partial charge in [0.2, 0.25) is 0 Å². The Labute approximate surface area is 219 Å². The molecule has 3 heteroatoms. The number of hydrogen-bond donors (Lipinski definition) is 1. The topological polar surface area (TPSA) is 18.5 Å². The Hall–Kier alpha value is -4.50. The quantitative estimate of drug-likeness (QED) is 0.394. The van der Waals surface area contributed by atoms with Crippen LogP contribution in [0.5, 0.6) is 0 Å². The number of hydrogen-bond acceptors (Lipinski definition) is 3. The van der Waals surface area contributed by atoms with Gasteiger partial charge in [0.25, 0.3) is 0 Å². The molecule has 1 N–H and O–H groups in total. The van der Waals surface area contributed by atoms with Gasteiger partial charge in [0, 0.05) is 34.3 Å². The first-order valence-corrected chi connectivity index (χ1v) is 12.9. The molecule has 37 heavy (non-hydrogen) atoms. The molecule has 2 atom stereocenters. The third-order valence-corrected chi connectivity index (χ3v) is 7.28. The predicted octanol–water partition coefficient (Wildman–Crippen LogP) is 8.53. The molecular formula is C34H31N3. The van der Waals surface area contributed by atoms with Gasteiger partial charge in [-0.25, -0.2) is 0 Å². The molecule has 0 aromatic heterocycles. The molecule has 182 valence electrons. The molecule has 0 spiro atoms. The first kappa shape index (κ1) is 22.9. The zero-order valence-electron chi connectivity index (χ0n) is 21.3. The highest BCUT2D eigenvalue weighted by molar-refractivity contribution is 5.80. The van der Waals surface area contributed by atoms with E-state index in [0.29, 0.717) is 5.92 Å². The highest BCUT2D eigenvalue weighted by Gasteiger charge is 2.34. The second-order valence-corrected chi connectivity index (χ2v) is 9.58. The lowest BCUT2D eigenvalue weighted by Crippen LogP contribution is -2.22. The van der Waals surface area contributed by atoms with Crippen LogP contribution in [0.3, 0.4) is 0 Å². The monoisotopic (exact) mass is 481 g/mol. The highest BCUT2D eigenvalue weighted by atomic mass is 15.2. The number of nitrogens with one attached hydrogen (secondary N) is 1. The molecular weight excluding hydrogens is 450 g/mol. The molecule has 0 saturated carbocycles. The molecule has 0 fully saturated rings. The second-order valence-electron chi connectivity index (χ2n) is 9.58. The molecule has 0 amide bonds. The van der Waals surface area contributed by atoms with Crippen molar-refractivity contribution in [2.24, 2.45) is 5.92 Å². The van der Waals surface area contributed by atoms with Crippen molar-refractivity contribution in [1.29, 1.82) is 0 Å². The fourth-order valence-corrected chi connectivity index (χ4v) is 5.62. The number of dihydropyridines is 1. The first-order chi connectivity index (χ1) is 18.2. The van der Waals surface area contributed by atoms with Crippen molar-refractivity contribution in [3.05, 3.63) is 151 Å². The normalized spacial score (nSPS) is 21.1. The molecule has 6 rings (SSSR count). The van der Waals surface area contributed by atoms with Crippen LogP contribution in [-0.4, -0.2) is 0 Å². The minimum Gasteiger partial charge on any atom is -0.379 e. The summed E-state index contributed by atoms with van der Waals surface area (Å²) in [5.74, 6) is 0.344. The Morgan fingerprint density at radius 3 is 2.22 bits per heavy atom. The van der Waals surface area contributed by atoms with E-state index in [2.05, 4.69) is 145 Å². The van der Waals surface area contributed by atoms with Crippen LogP contribution in [0.1, 0.15) is 25.5 Å². The summed E-state index contributed by atoms with van der Waals surface area (Å²) >= 11 is 0. The van der Waals surface area contributed by atoms with Gasteiger partial charge < -0.3 is 15.1 Å². The lowest BCUT2D eigenvalue weighted by Gasteiger charge is -2.25. The summed E-state index contributed by atoms with van der Waals surface area (Å²) in [5, 5.41) is 3.52. The summed E-state index contributed by atoms with van der Waals surface area (Å²) in [5.41, 5.74) is 11.0. The van der Waals surface area contributed by atoms with Crippen LogP contribution in [0.25, 0.3) is 11.1 Å². The third kappa shape index (κ3) is 3.93. The Kier molecular flexibility index (Phi) is 5.90. The van der Waals surface area contributed by atoms with Gasteiger partial charge in [0.05, 0.1) is 17.4 Å². The highest BCUT2D eigenvalue weighted by Crippen LogP contribution is 2.47. The molecule has 0 saturated heterocycles. The van der Waals surface area contributed by atoms with Crippen LogP contribution in [0.15, 0.2) is 145 Å². The Morgan fingerprint density at radius 2 is 1.54 bits per heavy atom. The second kappa shape index (κ2) is 9.51. The van der Waals surface area contributed by atoms with Gasteiger partial charge in [-0.3, -0.25) is 0 Å². The van der Waals surface area contributed by atoms with Crippen LogP contribution in [-0.2, 0) is 0 Å². The van der Waals surface area contributed by atoms with E-state index < -0.39 is 0 Å². The van der Waals surface area contributed by atoms with E-state index in [1.807, 2.05) is 12.3 Å². The lowest BCUT2D eigenvalue weighted by molar-refractivity contribution is 0.721. The molecule has 3 aromatic rings. The van der Waals surface area contributed by atoms with Crippen molar-refractivity contribution < 1.29 is 0 Å². The maximum atomic E-state index is 3.92. The van der Waals surface area contributed by atoms with E-state index >= 15 is 0 Å². The molecule has 2 unspecified atom stereocenters. The smallest absolute Gasteiger partial charge is 0.0939 e. The molecule has 0 aliphatic carbocycles. The number of anilines is 3. The van der Waals surface area contributed by atoms with Crippen molar-refractivity contribution >= 4 is 17.1 Å². The number of rotatable bonds is 5. The van der Waals surface area contributed by atoms with Crippen molar-refractivity contribution in [3.8, 4) is 11.1 Å². The van der Waals surface area contributed by atoms with Gasteiger partial charge in [-0.2, -0.15) is 0 Å². The Bertz CT molecular complexity index is 1480. The number of benzene rings is 3. The summed E-state index contributed by atoms with van der Waals surface area (Å²) in [7, 11) is 0. The van der Waals surface area contributed by atoms with Gasteiger partial charge in [-0.05, 0) is 78.9 Å². The van der Waals surface area contributed by atoms with E-state index in [1.54, 1.807) is 0 Å². The van der Waals surface area contributed by atoms with E-state index in [0.717, 1.165) is 5.69 Å².